The Balaban J connectivity index is 1.31. The Hall–Kier alpha value is -3.06. The number of nitrogens with zero attached hydrogens (tertiary/aromatic N) is 3. The number of ether oxygens (including phenoxy) is 1. The highest BCUT2D eigenvalue weighted by molar-refractivity contribution is 5.89. The van der Waals surface area contributed by atoms with Gasteiger partial charge in [-0.05, 0) is 57.0 Å². The summed E-state index contributed by atoms with van der Waals surface area (Å²) < 4.78 is 5.50. The summed E-state index contributed by atoms with van der Waals surface area (Å²) in [4.78, 5) is 34.4. The van der Waals surface area contributed by atoms with Gasteiger partial charge in [-0.25, -0.2) is 9.59 Å². The molecule has 0 N–H and O–H groups in total. The number of benzene rings is 2. The number of amides is 1. The molecule has 2 aliphatic rings. The van der Waals surface area contributed by atoms with Crippen LogP contribution in [0.25, 0.3) is 0 Å². The quantitative estimate of drug-likeness (QED) is 0.691. The van der Waals surface area contributed by atoms with Crippen molar-refractivity contribution in [2.24, 2.45) is 0 Å². The molecule has 2 fully saturated rings. The lowest BCUT2D eigenvalue weighted by atomic mass is 9.98. The third kappa shape index (κ3) is 6.05. The molecule has 1 unspecified atom stereocenters. The van der Waals surface area contributed by atoms with Crippen LogP contribution in [0.3, 0.4) is 0 Å². The van der Waals surface area contributed by atoms with Crippen molar-refractivity contribution in [1.82, 2.24) is 9.96 Å². The van der Waals surface area contributed by atoms with Crippen molar-refractivity contribution >= 4 is 17.7 Å². The van der Waals surface area contributed by atoms with Crippen molar-refractivity contribution in [3.05, 3.63) is 65.7 Å². The normalized spacial score (nSPS) is 19.4. The summed E-state index contributed by atoms with van der Waals surface area (Å²) in [6, 6.07) is 17.7. The van der Waals surface area contributed by atoms with Gasteiger partial charge in [0.25, 0.3) is 0 Å². The molecular weight excluding hydrogens is 418 g/mol. The van der Waals surface area contributed by atoms with E-state index in [1.807, 2.05) is 39.0 Å². The van der Waals surface area contributed by atoms with Crippen LogP contribution in [0.2, 0.25) is 0 Å². The van der Waals surface area contributed by atoms with Crippen molar-refractivity contribution in [3.63, 3.8) is 0 Å². The molecule has 4 rings (SSSR count). The standard InChI is InChI=1S/C26H33N3O4/c1-26(2,3)32-25(31)28-16-14-27(15-17-28)23-11-7-10-21(18-23)22-12-13-29(19-22)33-24(30)20-8-5-4-6-9-20/h4-11,18,22H,12-17,19H2,1-3H3. The molecule has 1 amide bonds. The van der Waals surface area contributed by atoms with Crippen LogP contribution in [0.1, 0.15) is 49.0 Å². The van der Waals surface area contributed by atoms with Crippen molar-refractivity contribution in [1.29, 1.82) is 0 Å². The summed E-state index contributed by atoms with van der Waals surface area (Å²) in [5.74, 6) is 0.00411. The van der Waals surface area contributed by atoms with Crippen LogP contribution in [0.5, 0.6) is 0 Å². The van der Waals surface area contributed by atoms with Gasteiger partial charge in [-0.1, -0.05) is 30.3 Å². The zero-order valence-electron chi connectivity index (χ0n) is 19.7. The molecule has 2 aliphatic heterocycles. The first-order chi connectivity index (χ1) is 15.8. The number of piperazine rings is 1. The first-order valence-corrected chi connectivity index (χ1v) is 11.6. The lowest BCUT2D eigenvalue weighted by molar-refractivity contribution is -0.0936. The SMILES string of the molecule is CC(C)(C)OC(=O)N1CCN(c2cccc(C3CCN(OC(=O)c4ccccc4)C3)c2)CC1. The summed E-state index contributed by atoms with van der Waals surface area (Å²) in [5.41, 5.74) is 2.50. The predicted octanol–water partition coefficient (Wildman–Crippen LogP) is 4.31. The minimum atomic E-state index is -0.479. The molecule has 0 bridgehead atoms. The fraction of sp³-hybridized carbons (Fsp3) is 0.462. The lowest BCUT2D eigenvalue weighted by Crippen LogP contribution is -2.50. The van der Waals surface area contributed by atoms with Crippen molar-refractivity contribution in [2.75, 3.05) is 44.2 Å². The molecule has 176 valence electrons. The largest absolute Gasteiger partial charge is 0.444 e. The molecule has 2 saturated heterocycles. The van der Waals surface area contributed by atoms with Gasteiger partial charge in [0.15, 0.2) is 0 Å². The van der Waals surface area contributed by atoms with E-state index in [1.54, 1.807) is 22.1 Å². The van der Waals surface area contributed by atoms with Crippen molar-refractivity contribution < 1.29 is 19.2 Å². The number of carbonyl (C=O) groups excluding carboxylic acids is 2. The molecule has 7 nitrogen and oxygen atoms in total. The zero-order valence-corrected chi connectivity index (χ0v) is 19.7. The third-order valence-electron chi connectivity index (χ3n) is 6.01. The maximum atomic E-state index is 12.3. The van der Waals surface area contributed by atoms with E-state index in [1.165, 1.54) is 5.56 Å². The van der Waals surface area contributed by atoms with Gasteiger partial charge in [0.1, 0.15) is 5.60 Å². The molecule has 2 heterocycles. The fourth-order valence-corrected chi connectivity index (χ4v) is 4.28. The summed E-state index contributed by atoms with van der Waals surface area (Å²) >= 11 is 0. The maximum Gasteiger partial charge on any atom is 0.410 e. The number of hydrogen-bond acceptors (Lipinski definition) is 6. The molecule has 0 aliphatic carbocycles. The number of anilines is 1. The summed E-state index contributed by atoms with van der Waals surface area (Å²) in [5, 5.41) is 1.77. The average molecular weight is 452 g/mol. The minimum absolute atomic E-state index is 0.244. The minimum Gasteiger partial charge on any atom is -0.444 e. The van der Waals surface area contributed by atoms with Gasteiger partial charge in [-0.2, -0.15) is 0 Å². The highest BCUT2D eigenvalue weighted by atomic mass is 16.7. The Morgan fingerprint density at radius 1 is 0.909 bits per heavy atom. The molecule has 33 heavy (non-hydrogen) atoms. The molecule has 7 heteroatoms. The summed E-state index contributed by atoms with van der Waals surface area (Å²) in [6.45, 7) is 9.91. The predicted molar refractivity (Wildman–Crippen MR) is 127 cm³/mol. The number of carbonyl (C=O) groups is 2. The van der Waals surface area contributed by atoms with Crippen LogP contribution in [0.4, 0.5) is 10.5 Å². The van der Waals surface area contributed by atoms with Gasteiger partial charge < -0.3 is 19.4 Å². The molecular formula is C26H33N3O4. The lowest BCUT2D eigenvalue weighted by Gasteiger charge is -2.37. The number of hydroxylamine groups is 2. The molecule has 0 saturated carbocycles. The van der Waals surface area contributed by atoms with E-state index < -0.39 is 5.60 Å². The van der Waals surface area contributed by atoms with Crippen molar-refractivity contribution in [3.8, 4) is 0 Å². The van der Waals surface area contributed by atoms with Gasteiger partial charge in [0.2, 0.25) is 0 Å². The second-order valence-electron chi connectivity index (χ2n) is 9.67. The topological polar surface area (TPSA) is 62.3 Å². The van der Waals surface area contributed by atoms with E-state index in [2.05, 4.69) is 29.2 Å². The molecule has 0 spiro atoms. The van der Waals surface area contributed by atoms with Crippen LogP contribution in [0, 0.1) is 0 Å². The van der Waals surface area contributed by atoms with Gasteiger partial charge in [-0.3, -0.25) is 0 Å². The highest BCUT2D eigenvalue weighted by Gasteiger charge is 2.29. The molecule has 0 aromatic heterocycles. The molecule has 1 atom stereocenters. The van der Waals surface area contributed by atoms with Crippen LogP contribution in [0.15, 0.2) is 54.6 Å². The van der Waals surface area contributed by atoms with Crippen LogP contribution >= 0.6 is 0 Å². The molecule has 0 radical (unpaired) electrons. The van der Waals surface area contributed by atoms with Gasteiger partial charge in [0, 0.05) is 50.9 Å². The second-order valence-corrected chi connectivity index (χ2v) is 9.67. The Kier molecular flexibility index (Phi) is 6.88. The summed E-state index contributed by atoms with van der Waals surface area (Å²) in [6.07, 6.45) is 0.699. The van der Waals surface area contributed by atoms with E-state index in [9.17, 15) is 9.59 Å². The van der Waals surface area contributed by atoms with Crippen molar-refractivity contribution in [2.45, 2.75) is 38.7 Å². The molecule has 2 aromatic rings. The van der Waals surface area contributed by atoms with Gasteiger partial charge >= 0.3 is 12.1 Å². The average Bonchev–Trinajstić information content (AvgIpc) is 3.27. The maximum absolute atomic E-state index is 12.3. The van der Waals surface area contributed by atoms with Crippen LogP contribution in [-0.4, -0.2) is 66.9 Å². The molecule has 2 aromatic carbocycles. The van der Waals surface area contributed by atoms with Crippen LogP contribution < -0.4 is 4.90 Å². The van der Waals surface area contributed by atoms with Crippen LogP contribution in [-0.2, 0) is 9.57 Å². The van der Waals surface area contributed by atoms with E-state index in [4.69, 9.17) is 9.57 Å². The highest BCUT2D eigenvalue weighted by Crippen LogP contribution is 2.30. The number of hydrogen-bond donors (Lipinski definition) is 0. The number of rotatable bonds is 4. The Labute approximate surface area is 195 Å². The monoisotopic (exact) mass is 451 g/mol. The van der Waals surface area contributed by atoms with Gasteiger partial charge in [-0.15, -0.1) is 5.06 Å². The first kappa shape index (κ1) is 23.1. The van der Waals surface area contributed by atoms with E-state index in [-0.39, 0.29) is 12.1 Å². The second kappa shape index (κ2) is 9.83. The van der Waals surface area contributed by atoms with E-state index >= 15 is 0 Å². The fourth-order valence-electron chi connectivity index (χ4n) is 4.28. The Bertz CT molecular complexity index is 965. The van der Waals surface area contributed by atoms with E-state index in [0.717, 1.165) is 31.7 Å². The smallest absolute Gasteiger partial charge is 0.410 e. The zero-order chi connectivity index (χ0) is 23.4. The summed E-state index contributed by atoms with van der Waals surface area (Å²) in [7, 11) is 0. The van der Waals surface area contributed by atoms with E-state index in [0.29, 0.717) is 31.1 Å². The Morgan fingerprint density at radius 2 is 1.64 bits per heavy atom. The third-order valence-corrected chi connectivity index (χ3v) is 6.01. The first-order valence-electron chi connectivity index (χ1n) is 11.6. The van der Waals surface area contributed by atoms with Gasteiger partial charge in [0.05, 0.1) is 5.56 Å². The Morgan fingerprint density at radius 3 is 2.33 bits per heavy atom.